The molecule has 1 amide bonds. The highest BCUT2D eigenvalue weighted by Crippen LogP contribution is 2.16. The Morgan fingerprint density at radius 3 is 2.89 bits per heavy atom. The molecule has 0 bridgehead atoms. The third-order valence-corrected chi connectivity index (χ3v) is 3.02. The average Bonchev–Trinajstić information content (AvgIpc) is 2.75. The lowest BCUT2D eigenvalue weighted by Gasteiger charge is -2.12. The van der Waals surface area contributed by atoms with Crippen LogP contribution in [0.25, 0.3) is 0 Å². The van der Waals surface area contributed by atoms with E-state index in [0.29, 0.717) is 17.1 Å². The number of rotatable bonds is 4. The lowest BCUT2D eigenvalue weighted by molar-refractivity contribution is -0.116. The van der Waals surface area contributed by atoms with Crippen LogP contribution in [0.5, 0.6) is 0 Å². The molecular formula is C14H16ClN3O. The minimum absolute atomic E-state index is 0.0212. The van der Waals surface area contributed by atoms with Crippen LogP contribution < -0.4 is 5.32 Å². The zero-order valence-corrected chi connectivity index (χ0v) is 11.7. The highest BCUT2D eigenvalue weighted by Gasteiger charge is 2.11. The Morgan fingerprint density at radius 2 is 2.26 bits per heavy atom. The monoisotopic (exact) mass is 277 g/mol. The molecule has 0 saturated heterocycles. The molecule has 0 aliphatic carbocycles. The molecule has 0 fully saturated rings. The first-order valence-electron chi connectivity index (χ1n) is 6.12. The molecule has 1 N–H and O–H groups in total. The minimum atomic E-state index is -0.0529. The van der Waals surface area contributed by atoms with E-state index >= 15 is 0 Å². The van der Waals surface area contributed by atoms with Crippen molar-refractivity contribution in [2.75, 3.05) is 5.32 Å². The van der Waals surface area contributed by atoms with Gasteiger partial charge in [-0.3, -0.25) is 9.48 Å². The summed E-state index contributed by atoms with van der Waals surface area (Å²) >= 11 is 5.87. The predicted molar refractivity (Wildman–Crippen MR) is 76.4 cm³/mol. The Kier molecular flexibility index (Phi) is 4.22. The zero-order valence-electron chi connectivity index (χ0n) is 10.9. The fraction of sp³-hybridized carbons (Fsp3) is 0.286. The van der Waals surface area contributed by atoms with Gasteiger partial charge in [-0.05, 0) is 38.1 Å². The van der Waals surface area contributed by atoms with E-state index in [-0.39, 0.29) is 11.9 Å². The molecule has 5 heteroatoms. The van der Waals surface area contributed by atoms with Gasteiger partial charge >= 0.3 is 0 Å². The predicted octanol–water partition coefficient (Wildman–Crippen LogP) is 3.43. The van der Waals surface area contributed by atoms with Crippen LogP contribution in [0.2, 0.25) is 5.02 Å². The summed E-state index contributed by atoms with van der Waals surface area (Å²) in [5, 5.41) is 7.73. The van der Waals surface area contributed by atoms with E-state index in [0.717, 1.165) is 5.69 Å². The van der Waals surface area contributed by atoms with Crippen LogP contribution >= 0.6 is 11.6 Å². The number of aryl methyl sites for hydroxylation is 1. The number of halogens is 1. The quantitative estimate of drug-likeness (QED) is 0.931. The fourth-order valence-electron chi connectivity index (χ4n) is 1.82. The number of amides is 1. The molecule has 0 spiro atoms. The lowest BCUT2D eigenvalue weighted by atomic mass is 10.2. The van der Waals surface area contributed by atoms with Gasteiger partial charge in [0.2, 0.25) is 5.91 Å². The molecule has 1 atom stereocenters. The van der Waals surface area contributed by atoms with Crippen LogP contribution in [-0.2, 0) is 4.79 Å². The summed E-state index contributed by atoms with van der Waals surface area (Å²) in [5.74, 6) is -0.0529. The maximum Gasteiger partial charge on any atom is 0.226 e. The fourth-order valence-corrected chi connectivity index (χ4v) is 2.01. The third-order valence-electron chi connectivity index (χ3n) is 2.78. The van der Waals surface area contributed by atoms with Gasteiger partial charge in [0.15, 0.2) is 0 Å². The number of aromatic nitrogens is 2. The van der Waals surface area contributed by atoms with Gasteiger partial charge in [0.1, 0.15) is 0 Å². The normalized spacial score (nSPS) is 12.2. The number of benzene rings is 1. The molecule has 0 radical (unpaired) electrons. The van der Waals surface area contributed by atoms with Crippen molar-refractivity contribution < 1.29 is 4.79 Å². The number of nitrogens with zero attached hydrogens (tertiary/aromatic N) is 2. The van der Waals surface area contributed by atoms with E-state index in [2.05, 4.69) is 10.4 Å². The number of anilines is 1. The first-order chi connectivity index (χ1) is 9.04. The van der Waals surface area contributed by atoms with Crippen LogP contribution in [0.15, 0.2) is 36.5 Å². The van der Waals surface area contributed by atoms with Crippen molar-refractivity contribution in [3.8, 4) is 0 Å². The van der Waals surface area contributed by atoms with Gasteiger partial charge in [0.25, 0.3) is 0 Å². The largest absolute Gasteiger partial charge is 0.326 e. The van der Waals surface area contributed by atoms with Crippen molar-refractivity contribution in [1.29, 1.82) is 0 Å². The number of carbonyl (C=O) groups excluding carboxylic acids is 1. The molecule has 1 aromatic carbocycles. The first kappa shape index (κ1) is 13.6. The number of carbonyl (C=O) groups is 1. The molecule has 0 unspecified atom stereocenters. The molecule has 2 rings (SSSR count). The molecule has 100 valence electrons. The maximum atomic E-state index is 11.9. The Hall–Kier alpha value is -1.81. The van der Waals surface area contributed by atoms with Crippen molar-refractivity contribution in [3.05, 3.63) is 47.2 Å². The zero-order chi connectivity index (χ0) is 13.8. The van der Waals surface area contributed by atoms with E-state index in [1.54, 1.807) is 22.9 Å². The Morgan fingerprint density at radius 1 is 1.47 bits per heavy atom. The Labute approximate surface area is 117 Å². The van der Waals surface area contributed by atoms with Crippen molar-refractivity contribution >= 4 is 23.2 Å². The van der Waals surface area contributed by atoms with Gasteiger partial charge in [0, 0.05) is 23.3 Å². The van der Waals surface area contributed by atoms with Crippen molar-refractivity contribution in [2.24, 2.45) is 0 Å². The van der Waals surface area contributed by atoms with E-state index in [9.17, 15) is 4.79 Å². The molecule has 1 aromatic heterocycles. The number of nitrogens with one attached hydrogen (secondary N) is 1. The van der Waals surface area contributed by atoms with Gasteiger partial charge < -0.3 is 5.32 Å². The summed E-state index contributed by atoms with van der Waals surface area (Å²) in [5.41, 5.74) is 1.66. The van der Waals surface area contributed by atoms with Gasteiger partial charge in [-0.1, -0.05) is 17.7 Å². The number of hydrogen-bond acceptors (Lipinski definition) is 2. The standard InChI is InChI=1S/C14H16ClN3O/c1-10-6-7-18(17-10)11(2)8-14(19)16-13-5-3-4-12(15)9-13/h3-7,9,11H,8H2,1-2H3,(H,16,19)/t11-/m0/s1. The first-order valence-corrected chi connectivity index (χ1v) is 6.49. The molecule has 2 aromatic rings. The number of hydrogen-bond donors (Lipinski definition) is 1. The summed E-state index contributed by atoms with van der Waals surface area (Å²) in [6.45, 7) is 3.89. The van der Waals surface area contributed by atoms with E-state index in [1.807, 2.05) is 32.2 Å². The molecule has 1 heterocycles. The summed E-state index contributed by atoms with van der Waals surface area (Å²) < 4.78 is 1.80. The summed E-state index contributed by atoms with van der Waals surface area (Å²) in [7, 11) is 0. The van der Waals surface area contributed by atoms with Crippen LogP contribution in [-0.4, -0.2) is 15.7 Å². The van der Waals surface area contributed by atoms with Gasteiger partial charge in [-0.25, -0.2) is 0 Å². The second kappa shape index (κ2) is 5.89. The lowest BCUT2D eigenvalue weighted by Crippen LogP contribution is -2.18. The van der Waals surface area contributed by atoms with Gasteiger partial charge in [0.05, 0.1) is 11.7 Å². The Bertz CT molecular complexity index is 580. The molecule has 19 heavy (non-hydrogen) atoms. The van der Waals surface area contributed by atoms with Crippen LogP contribution in [0.4, 0.5) is 5.69 Å². The summed E-state index contributed by atoms with van der Waals surface area (Å²) in [6, 6.07) is 9.05. The van der Waals surface area contributed by atoms with Crippen LogP contribution in [0.3, 0.4) is 0 Å². The van der Waals surface area contributed by atoms with Crippen molar-refractivity contribution in [2.45, 2.75) is 26.3 Å². The highest BCUT2D eigenvalue weighted by atomic mass is 35.5. The minimum Gasteiger partial charge on any atom is -0.326 e. The summed E-state index contributed by atoms with van der Waals surface area (Å²) in [4.78, 5) is 11.9. The van der Waals surface area contributed by atoms with Gasteiger partial charge in [-0.2, -0.15) is 5.10 Å². The maximum absolute atomic E-state index is 11.9. The smallest absolute Gasteiger partial charge is 0.226 e. The van der Waals surface area contributed by atoms with Crippen molar-refractivity contribution in [3.63, 3.8) is 0 Å². The van der Waals surface area contributed by atoms with E-state index in [4.69, 9.17) is 11.6 Å². The van der Waals surface area contributed by atoms with Crippen molar-refractivity contribution in [1.82, 2.24) is 9.78 Å². The third kappa shape index (κ3) is 3.83. The van der Waals surface area contributed by atoms with E-state index < -0.39 is 0 Å². The van der Waals surface area contributed by atoms with Crippen LogP contribution in [0, 0.1) is 6.92 Å². The van der Waals surface area contributed by atoms with E-state index in [1.165, 1.54) is 0 Å². The molecule has 0 saturated carbocycles. The second-order valence-corrected chi connectivity index (χ2v) is 4.99. The molecule has 4 nitrogen and oxygen atoms in total. The van der Waals surface area contributed by atoms with Crippen LogP contribution in [0.1, 0.15) is 25.1 Å². The molecular weight excluding hydrogens is 262 g/mol. The SMILES string of the molecule is Cc1ccn([C@@H](C)CC(=O)Nc2cccc(Cl)c2)n1. The topological polar surface area (TPSA) is 46.9 Å². The summed E-state index contributed by atoms with van der Waals surface area (Å²) in [6.07, 6.45) is 2.25. The highest BCUT2D eigenvalue weighted by molar-refractivity contribution is 6.30. The molecule has 0 aliphatic heterocycles. The average molecular weight is 278 g/mol. The second-order valence-electron chi connectivity index (χ2n) is 4.55. The molecule has 0 aliphatic rings. The van der Waals surface area contributed by atoms with Gasteiger partial charge in [-0.15, -0.1) is 0 Å². The Balaban J connectivity index is 1.94.